The van der Waals surface area contributed by atoms with Crippen LogP contribution < -0.4 is 10.2 Å². The molecule has 0 atom stereocenters. The molecule has 4 nitrogen and oxygen atoms in total. The largest absolute Gasteiger partial charge is 0.483 e. The first-order valence-corrected chi connectivity index (χ1v) is 7.78. The average molecular weight is 430 g/mol. The number of carbonyl (C=O) groups excluding carboxylic acids is 1. The molecule has 0 aliphatic heterocycles. The molecular formula is C15H11Br2FN2O2. The van der Waals surface area contributed by atoms with Gasteiger partial charge in [0.05, 0.1) is 10.7 Å². The minimum absolute atomic E-state index is 0.166. The maximum absolute atomic E-state index is 12.7. The Hall–Kier alpha value is -1.73. The Balaban J connectivity index is 1.81. The van der Waals surface area contributed by atoms with E-state index in [1.807, 2.05) is 12.1 Å². The van der Waals surface area contributed by atoms with Crippen LogP contribution in [0.3, 0.4) is 0 Å². The zero-order chi connectivity index (χ0) is 15.9. The molecule has 0 radical (unpaired) electrons. The Morgan fingerprint density at radius 3 is 2.64 bits per heavy atom. The van der Waals surface area contributed by atoms with Crippen molar-refractivity contribution in [1.29, 1.82) is 0 Å². The van der Waals surface area contributed by atoms with E-state index in [0.29, 0.717) is 11.3 Å². The molecule has 1 amide bonds. The fraction of sp³-hybridized carbons (Fsp3) is 0.0667. The Labute approximate surface area is 143 Å². The van der Waals surface area contributed by atoms with Crippen molar-refractivity contribution < 1.29 is 13.9 Å². The summed E-state index contributed by atoms with van der Waals surface area (Å²) in [6.45, 7) is -0.166. The van der Waals surface area contributed by atoms with Crippen molar-refractivity contribution >= 4 is 44.0 Å². The number of rotatable bonds is 5. The van der Waals surface area contributed by atoms with Gasteiger partial charge in [-0.15, -0.1) is 0 Å². The van der Waals surface area contributed by atoms with Gasteiger partial charge in [-0.1, -0.05) is 28.1 Å². The summed E-state index contributed by atoms with van der Waals surface area (Å²) in [5.41, 5.74) is 3.01. The minimum Gasteiger partial charge on any atom is -0.483 e. The SMILES string of the molecule is O=C(COc1ccc(Br)cc1Br)NN=Cc1ccc(F)cc1. The molecule has 7 heteroatoms. The van der Waals surface area contributed by atoms with E-state index in [1.54, 1.807) is 18.2 Å². The number of nitrogens with one attached hydrogen (secondary N) is 1. The third-order valence-corrected chi connectivity index (χ3v) is 3.64. The average Bonchev–Trinajstić information content (AvgIpc) is 2.48. The molecule has 2 aromatic carbocycles. The summed E-state index contributed by atoms with van der Waals surface area (Å²) in [4.78, 5) is 11.6. The molecule has 0 aliphatic carbocycles. The maximum atomic E-state index is 12.7. The van der Waals surface area contributed by atoms with Crippen molar-refractivity contribution in [1.82, 2.24) is 5.43 Å². The minimum atomic E-state index is -0.395. The monoisotopic (exact) mass is 428 g/mol. The summed E-state index contributed by atoms with van der Waals surface area (Å²) >= 11 is 6.67. The quantitative estimate of drug-likeness (QED) is 0.579. The lowest BCUT2D eigenvalue weighted by Gasteiger charge is -2.07. The van der Waals surface area contributed by atoms with Crippen molar-refractivity contribution in [2.75, 3.05) is 6.61 Å². The molecular weight excluding hydrogens is 419 g/mol. The maximum Gasteiger partial charge on any atom is 0.277 e. The van der Waals surface area contributed by atoms with Crippen molar-refractivity contribution in [2.24, 2.45) is 5.10 Å². The second-order valence-corrected chi connectivity index (χ2v) is 5.98. The lowest BCUT2D eigenvalue weighted by Crippen LogP contribution is -2.24. The summed E-state index contributed by atoms with van der Waals surface area (Å²) < 4.78 is 19.7. The highest BCUT2D eigenvalue weighted by molar-refractivity contribution is 9.11. The lowest BCUT2D eigenvalue weighted by atomic mass is 10.2. The third kappa shape index (κ3) is 5.23. The van der Waals surface area contributed by atoms with E-state index in [0.717, 1.165) is 8.95 Å². The molecule has 0 saturated carbocycles. The van der Waals surface area contributed by atoms with E-state index < -0.39 is 5.91 Å². The van der Waals surface area contributed by atoms with Crippen LogP contribution >= 0.6 is 31.9 Å². The number of amides is 1. The van der Waals surface area contributed by atoms with Crippen molar-refractivity contribution in [2.45, 2.75) is 0 Å². The predicted octanol–water partition coefficient (Wildman–Crippen LogP) is 3.88. The molecule has 1 N–H and O–H groups in total. The molecule has 2 rings (SSSR count). The first-order valence-electron chi connectivity index (χ1n) is 6.20. The number of nitrogens with zero attached hydrogens (tertiary/aromatic N) is 1. The lowest BCUT2D eigenvalue weighted by molar-refractivity contribution is -0.123. The molecule has 0 aromatic heterocycles. The van der Waals surface area contributed by atoms with E-state index in [4.69, 9.17) is 4.74 Å². The number of hydrogen-bond acceptors (Lipinski definition) is 3. The number of carbonyl (C=O) groups is 1. The van der Waals surface area contributed by atoms with Crippen LogP contribution in [-0.2, 0) is 4.79 Å². The number of hydrogen-bond donors (Lipinski definition) is 1. The molecule has 0 fully saturated rings. The van der Waals surface area contributed by atoms with Gasteiger partial charge in [-0.25, -0.2) is 9.82 Å². The Kier molecular flexibility index (Phi) is 6.09. The highest BCUT2D eigenvalue weighted by atomic mass is 79.9. The molecule has 0 spiro atoms. The summed E-state index contributed by atoms with van der Waals surface area (Å²) in [5.74, 6) is -0.163. The van der Waals surface area contributed by atoms with Gasteiger partial charge in [-0.05, 0) is 51.8 Å². The molecule has 114 valence electrons. The van der Waals surface area contributed by atoms with Gasteiger partial charge in [0.15, 0.2) is 6.61 Å². The molecule has 0 unspecified atom stereocenters. The van der Waals surface area contributed by atoms with E-state index in [-0.39, 0.29) is 12.4 Å². The van der Waals surface area contributed by atoms with Gasteiger partial charge in [-0.2, -0.15) is 5.10 Å². The summed E-state index contributed by atoms with van der Waals surface area (Å²) in [6, 6.07) is 11.1. The van der Waals surface area contributed by atoms with Crippen LogP contribution in [-0.4, -0.2) is 18.7 Å². The zero-order valence-electron chi connectivity index (χ0n) is 11.2. The fourth-order valence-corrected chi connectivity index (χ4v) is 2.66. The van der Waals surface area contributed by atoms with Crippen molar-refractivity contribution in [3.05, 3.63) is 62.8 Å². The molecule has 2 aromatic rings. The first kappa shape index (κ1) is 16.6. The Morgan fingerprint density at radius 2 is 1.95 bits per heavy atom. The number of ether oxygens (including phenoxy) is 1. The number of halogens is 3. The van der Waals surface area contributed by atoms with Crippen LogP contribution in [0.25, 0.3) is 0 Å². The smallest absolute Gasteiger partial charge is 0.277 e. The molecule has 0 aliphatic rings. The molecule has 0 heterocycles. The van der Waals surface area contributed by atoms with E-state index in [1.165, 1.54) is 18.3 Å². The Bertz CT molecular complexity index is 690. The van der Waals surface area contributed by atoms with E-state index in [2.05, 4.69) is 42.4 Å². The highest BCUT2D eigenvalue weighted by Crippen LogP contribution is 2.27. The van der Waals surface area contributed by atoms with Crippen LogP contribution in [0.1, 0.15) is 5.56 Å². The van der Waals surface area contributed by atoms with Gasteiger partial charge in [0.2, 0.25) is 0 Å². The first-order chi connectivity index (χ1) is 10.5. The van der Waals surface area contributed by atoms with Gasteiger partial charge in [-0.3, -0.25) is 4.79 Å². The Morgan fingerprint density at radius 1 is 1.23 bits per heavy atom. The van der Waals surface area contributed by atoms with Crippen LogP contribution in [0, 0.1) is 5.82 Å². The van der Waals surface area contributed by atoms with E-state index in [9.17, 15) is 9.18 Å². The second-order valence-electron chi connectivity index (χ2n) is 4.21. The normalized spacial score (nSPS) is 10.7. The van der Waals surface area contributed by atoms with Crippen LogP contribution in [0.2, 0.25) is 0 Å². The van der Waals surface area contributed by atoms with Crippen LogP contribution in [0.5, 0.6) is 5.75 Å². The summed E-state index contributed by atoms with van der Waals surface area (Å²) in [5, 5.41) is 3.77. The van der Waals surface area contributed by atoms with E-state index >= 15 is 0 Å². The third-order valence-electron chi connectivity index (χ3n) is 2.53. The summed E-state index contributed by atoms with van der Waals surface area (Å²) in [7, 11) is 0. The summed E-state index contributed by atoms with van der Waals surface area (Å²) in [6.07, 6.45) is 1.42. The molecule has 0 saturated heterocycles. The second kappa shape index (κ2) is 8.05. The van der Waals surface area contributed by atoms with Gasteiger partial charge < -0.3 is 4.74 Å². The van der Waals surface area contributed by atoms with Crippen LogP contribution in [0.4, 0.5) is 4.39 Å². The zero-order valence-corrected chi connectivity index (χ0v) is 14.4. The topological polar surface area (TPSA) is 50.7 Å². The van der Waals surface area contributed by atoms with Gasteiger partial charge in [0, 0.05) is 4.47 Å². The fourth-order valence-electron chi connectivity index (χ4n) is 1.50. The van der Waals surface area contributed by atoms with Crippen molar-refractivity contribution in [3.8, 4) is 5.75 Å². The number of hydrazone groups is 1. The number of benzene rings is 2. The molecule has 22 heavy (non-hydrogen) atoms. The van der Waals surface area contributed by atoms with Gasteiger partial charge in [0.25, 0.3) is 5.91 Å². The molecule has 0 bridgehead atoms. The van der Waals surface area contributed by atoms with Crippen molar-refractivity contribution in [3.63, 3.8) is 0 Å². The predicted molar refractivity (Wildman–Crippen MR) is 89.5 cm³/mol. The standard InChI is InChI=1S/C15H11Br2FN2O2/c16-11-3-6-14(13(17)7-11)22-9-15(21)20-19-8-10-1-4-12(18)5-2-10/h1-8H,9H2,(H,20,21). The van der Waals surface area contributed by atoms with Crippen LogP contribution in [0.15, 0.2) is 56.5 Å². The highest BCUT2D eigenvalue weighted by Gasteiger charge is 2.05. The van der Waals surface area contributed by atoms with Gasteiger partial charge in [0.1, 0.15) is 11.6 Å². The van der Waals surface area contributed by atoms with Gasteiger partial charge >= 0.3 is 0 Å².